The lowest BCUT2D eigenvalue weighted by Crippen LogP contribution is -2.27. The van der Waals surface area contributed by atoms with Gasteiger partial charge in [0.2, 0.25) is 5.91 Å². The van der Waals surface area contributed by atoms with E-state index in [4.69, 9.17) is 9.15 Å². The van der Waals surface area contributed by atoms with Gasteiger partial charge in [-0.1, -0.05) is 0 Å². The SMILES string of the molecule is COC(=O)c1cc(CN(C)C(=O)Cc2csc(-c3cccnc3)n2)oc1C. The van der Waals surface area contributed by atoms with Crippen LogP contribution in [0.2, 0.25) is 0 Å². The van der Waals surface area contributed by atoms with Crippen LogP contribution in [0.3, 0.4) is 0 Å². The highest BCUT2D eigenvalue weighted by atomic mass is 32.1. The zero-order valence-corrected chi connectivity index (χ0v) is 16.1. The van der Waals surface area contributed by atoms with Gasteiger partial charge in [-0.2, -0.15) is 0 Å². The number of hydrogen-bond acceptors (Lipinski definition) is 7. The summed E-state index contributed by atoms with van der Waals surface area (Å²) in [4.78, 5) is 34.3. The van der Waals surface area contributed by atoms with Gasteiger partial charge in [0, 0.05) is 30.4 Å². The summed E-state index contributed by atoms with van der Waals surface area (Å²) in [6.07, 6.45) is 3.64. The number of likely N-dealkylation sites (N-methyl/N-ethyl adjacent to an activating group) is 1. The van der Waals surface area contributed by atoms with Crippen LogP contribution in [0.15, 0.2) is 40.4 Å². The predicted octanol–water partition coefficient (Wildman–Crippen LogP) is 3.09. The van der Waals surface area contributed by atoms with E-state index in [1.165, 1.54) is 18.4 Å². The molecule has 0 radical (unpaired) electrons. The highest BCUT2D eigenvalue weighted by Gasteiger charge is 2.19. The van der Waals surface area contributed by atoms with Crippen LogP contribution in [-0.4, -0.2) is 40.9 Å². The predicted molar refractivity (Wildman–Crippen MR) is 100 cm³/mol. The van der Waals surface area contributed by atoms with E-state index in [1.807, 2.05) is 17.5 Å². The smallest absolute Gasteiger partial charge is 0.341 e. The van der Waals surface area contributed by atoms with E-state index in [2.05, 4.69) is 9.97 Å². The molecule has 0 aromatic carbocycles. The monoisotopic (exact) mass is 385 g/mol. The van der Waals surface area contributed by atoms with Crippen molar-refractivity contribution in [2.75, 3.05) is 14.2 Å². The highest BCUT2D eigenvalue weighted by molar-refractivity contribution is 7.13. The first-order valence-corrected chi connectivity index (χ1v) is 9.12. The lowest BCUT2D eigenvalue weighted by molar-refractivity contribution is -0.130. The van der Waals surface area contributed by atoms with Crippen molar-refractivity contribution < 1.29 is 18.7 Å². The van der Waals surface area contributed by atoms with Crippen molar-refractivity contribution in [1.29, 1.82) is 0 Å². The molecule has 140 valence electrons. The number of thiazole rings is 1. The van der Waals surface area contributed by atoms with Crippen LogP contribution in [0.5, 0.6) is 0 Å². The summed E-state index contributed by atoms with van der Waals surface area (Å²) >= 11 is 1.48. The Bertz CT molecular complexity index is 949. The van der Waals surface area contributed by atoms with Crippen LogP contribution in [-0.2, 0) is 22.5 Å². The second kappa shape index (κ2) is 8.13. The van der Waals surface area contributed by atoms with Gasteiger partial charge < -0.3 is 14.1 Å². The van der Waals surface area contributed by atoms with E-state index < -0.39 is 5.97 Å². The molecule has 0 fully saturated rings. The summed E-state index contributed by atoms with van der Waals surface area (Å²) in [6.45, 7) is 1.95. The molecule has 3 aromatic heterocycles. The Hall–Kier alpha value is -3.00. The van der Waals surface area contributed by atoms with Gasteiger partial charge in [-0.25, -0.2) is 9.78 Å². The van der Waals surface area contributed by atoms with Gasteiger partial charge in [0.1, 0.15) is 22.1 Å². The average Bonchev–Trinajstić information content (AvgIpc) is 3.28. The minimum atomic E-state index is -0.457. The minimum Gasteiger partial charge on any atom is -0.465 e. The fraction of sp³-hybridized carbons (Fsp3) is 0.263. The maximum absolute atomic E-state index is 12.5. The zero-order valence-electron chi connectivity index (χ0n) is 15.3. The third-order valence-electron chi connectivity index (χ3n) is 3.99. The first-order valence-electron chi connectivity index (χ1n) is 8.24. The van der Waals surface area contributed by atoms with E-state index in [0.717, 1.165) is 10.6 Å². The van der Waals surface area contributed by atoms with Crippen molar-refractivity contribution in [3.05, 3.63) is 58.8 Å². The summed E-state index contributed by atoms with van der Waals surface area (Å²) in [5.74, 6) is 0.449. The maximum Gasteiger partial charge on any atom is 0.341 e. The number of rotatable bonds is 6. The van der Waals surface area contributed by atoms with Crippen LogP contribution < -0.4 is 0 Å². The Kier molecular flexibility index (Phi) is 5.66. The summed E-state index contributed by atoms with van der Waals surface area (Å²) in [7, 11) is 3.00. The number of aryl methyl sites for hydroxylation is 1. The van der Waals surface area contributed by atoms with Gasteiger partial charge >= 0.3 is 5.97 Å². The van der Waals surface area contributed by atoms with Crippen molar-refractivity contribution in [2.45, 2.75) is 19.9 Å². The molecule has 0 atom stereocenters. The molecule has 3 rings (SSSR count). The largest absolute Gasteiger partial charge is 0.465 e. The zero-order chi connectivity index (χ0) is 19.4. The number of carbonyl (C=O) groups is 2. The van der Waals surface area contributed by atoms with E-state index >= 15 is 0 Å². The van der Waals surface area contributed by atoms with Crippen molar-refractivity contribution >= 4 is 23.2 Å². The lowest BCUT2D eigenvalue weighted by atomic mass is 10.2. The fourth-order valence-corrected chi connectivity index (χ4v) is 3.37. The van der Waals surface area contributed by atoms with E-state index in [0.29, 0.717) is 22.8 Å². The Morgan fingerprint density at radius 1 is 1.37 bits per heavy atom. The molecular weight excluding hydrogens is 366 g/mol. The third kappa shape index (κ3) is 4.40. The van der Waals surface area contributed by atoms with Crippen LogP contribution in [0.25, 0.3) is 10.6 Å². The molecule has 0 N–H and O–H groups in total. The first-order chi connectivity index (χ1) is 13.0. The summed E-state index contributed by atoms with van der Waals surface area (Å²) in [5, 5.41) is 2.71. The number of nitrogens with zero attached hydrogens (tertiary/aromatic N) is 3. The summed E-state index contributed by atoms with van der Waals surface area (Å²) < 4.78 is 10.3. The Labute approximate surface area is 160 Å². The van der Waals surface area contributed by atoms with Crippen LogP contribution in [0, 0.1) is 6.92 Å². The molecule has 3 heterocycles. The third-order valence-corrected chi connectivity index (χ3v) is 4.93. The Balaban J connectivity index is 1.63. The first kappa shape index (κ1) is 18.8. The second-order valence-corrected chi connectivity index (χ2v) is 6.84. The van der Waals surface area contributed by atoms with E-state index in [1.54, 1.807) is 37.3 Å². The number of hydrogen-bond donors (Lipinski definition) is 0. The standard InChI is InChI=1S/C19H19N3O4S/c1-12-16(19(24)25-3)8-15(26-12)10-22(2)17(23)7-14-11-27-18(21-14)13-5-4-6-20-9-13/h4-6,8-9,11H,7,10H2,1-3H3. The van der Waals surface area contributed by atoms with Gasteiger partial charge in [-0.3, -0.25) is 9.78 Å². The fourth-order valence-electron chi connectivity index (χ4n) is 2.56. The van der Waals surface area contributed by atoms with Crippen molar-refractivity contribution in [2.24, 2.45) is 0 Å². The van der Waals surface area contributed by atoms with Gasteiger partial charge in [0.15, 0.2) is 0 Å². The lowest BCUT2D eigenvalue weighted by Gasteiger charge is -2.14. The molecule has 0 saturated carbocycles. The number of pyridine rings is 1. The van der Waals surface area contributed by atoms with Gasteiger partial charge in [-0.15, -0.1) is 11.3 Å². The quantitative estimate of drug-likeness (QED) is 0.606. The van der Waals surface area contributed by atoms with Crippen LogP contribution in [0.1, 0.15) is 27.6 Å². The molecule has 1 amide bonds. The van der Waals surface area contributed by atoms with Gasteiger partial charge in [0.25, 0.3) is 0 Å². The molecule has 3 aromatic rings. The average molecular weight is 385 g/mol. The number of carbonyl (C=O) groups excluding carboxylic acids is 2. The normalized spacial score (nSPS) is 10.6. The molecule has 0 aliphatic rings. The van der Waals surface area contributed by atoms with Crippen molar-refractivity contribution in [3.8, 4) is 10.6 Å². The second-order valence-electron chi connectivity index (χ2n) is 5.99. The molecule has 0 spiro atoms. The Morgan fingerprint density at radius 2 is 2.19 bits per heavy atom. The molecule has 0 unspecified atom stereocenters. The number of ether oxygens (including phenoxy) is 1. The van der Waals surface area contributed by atoms with E-state index in [-0.39, 0.29) is 18.9 Å². The minimum absolute atomic E-state index is 0.0910. The maximum atomic E-state index is 12.5. The molecule has 0 bridgehead atoms. The van der Waals surface area contributed by atoms with Crippen molar-refractivity contribution in [1.82, 2.24) is 14.9 Å². The summed E-state index contributed by atoms with van der Waals surface area (Å²) in [6, 6.07) is 5.39. The molecule has 8 heteroatoms. The van der Waals surface area contributed by atoms with Gasteiger partial charge in [-0.05, 0) is 25.1 Å². The number of amides is 1. The molecule has 0 aliphatic carbocycles. The topological polar surface area (TPSA) is 85.5 Å². The number of furan rings is 1. The molecule has 7 nitrogen and oxygen atoms in total. The van der Waals surface area contributed by atoms with Crippen LogP contribution >= 0.6 is 11.3 Å². The summed E-state index contributed by atoms with van der Waals surface area (Å²) in [5.41, 5.74) is 2.01. The number of aromatic nitrogens is 2. The molecule has 27 heavy (non-hydrogen) atoms. The number of methoxy groups -OCH3 is 1. The van der Waals surface area contributed by atoms with E-state index in [9.17, 15) is 9.59 Å². The number of esters is 1. The molecule has 0 aliphatic heterocycles. The molecular formula is C19H19N3O4S. The molecule has 0 saturated heterocycles. The highest BCUT2D eigenvalue weighted by Crippen LogP contribution is 2.23. The Morgan fingerprint density at radius 3 is 2.89 bits per heavy atom. The van der Waals surface area contributed by atoms with Gasteiger partial charge in [0.05, 0.1) is 25.8 Å². The van der Waals surface area contributed by atoms with Crippen molar-refractivity contribution in [3.63, 3.8) is 0 Å². The van der Waals surface area contributed by atoms with Crippen LogP contribution in [0.4, 0.5) is 0 Å².